The van der Waals surface area contributed by atoms with Gasteiger partial charge >= 0.3 is 0 Å². The SMILES string of the molecule is CNC(Cc1cncn1C)C(C)=O. The van der Waals surface area contributed by atoms with E-state index < -0.39 is 0 Å². The average molecular weight is 181 g/mol. The fraction of sp³-hybridized carbons (Fsp3) is 0.556. The molecule has 0 spiro atoms. The number of imidazole rings is 1. The second-order valence-electron chi connectivity index (χ2n) is 3.15. The number of hydrogen-bond donors (Lipinski definition) is 1. The van der Waals surface area contributed by atoms with Crippen molar-refractivity contribution >= 4 is 5.78 Å². The van der Waals surface area contributed by atoms with Gasteiger partial charge in [0.15, 0.2) is 0 Å². The Kier molecular flexibility index (Phi) is 3.19. The second-order valence-corrected chi connectivity index (χ2v) is 3.15. The minimum atomic E-state index is -0.101. The molecule has 72 valence electrons. The van der Waals surface area contributed by atoms with Crippen molar-refractivity contribution in [2.45, 2.75) is 19.4 Å². The van der Waals surface area contributed by atoms with Crippen LogP contribution in [0.5, 0.6) is 0 Å². The van der Waals surface area contributed by atoms with E-state index in [0.717, 1.165) is 5.69 Å². The maximum absolute atomic E-state index is 11.1. The predicted molar refractivity (Wildman–Crippen MR) is 50.4 cm³/mol. The molecule has 0 aromatic carbocycles. The highest BCUT2D eigenvalue weighted by Gasteiger charge is 2.13. The monoisotopic (exact) mass is 181 g/mol. The summed E-state index contributed by atoms with van der Waals surface area (Å²) in [5, 5.41) is 2.98. The molecule has 13 heavy (non-hydrogen) atoms. The smallest absolute Gasteiger partial charge is 0.147 e. The summed E-state index contributed by atoms with van der Waals surface area (Å²) in [5.74, 6) is 0.156. The highest BCUT2D eigenvalue weighted by atomic mass is 16.1. The Morgan fingerprint density at radius 1 is 1.77 bits per heavy atom. The Morgan fingerprint density at radius 2 is 2.46 bits per heavy atom. The van der Waals surface area contributed by atoms with Gasteiger partial charge in [-0.05, 0) is 14.0 Å². The molecule has 0 aliphatic carbocycles. The van der Waals surface area contributed by atoms with E-state index in [0.29, 0.717) is 6.42 Å². The fourth-order valence-electron chi connectivity index (χ4n) is 1.24. The van der Waals surface area contributed by atoms with Crippen molar-refractivity contribution in [3.8, 4) is 0 Å². The summed E-state index contributed by atoms with van der Waals surface area (Å²) >= 11 is 0. The van der Waals surface area contributed by atoms with Crippen LogP contribution < -0.4 is 5.32 Å². The van der Waals surface area contributed by atoms with Crippen molar-refractivity contribution in [3.05, 3.63) is 18.2 Å². The fourth-order valence-corrected chi connectivity index (χ4v) is 1.24. The Balaban J connectivity index is 2.67. The molecular weight excluding hydrogens is 166 g/mol. The summed E-state index contributed by atoms with van der Waals surface area (Å²) in [6, 6.07) is -0.101. The molecule has 1 aromatic rings. The summed E-state index contributed by atoms with van der Waals surface area (Å²) in [4.78, 5) is 15.1. The van der Waals surface area contributed by atoms with Gasteiger partial charge in [-0.1, -0.05) is 0 Å². The quantitative estimate of drug-likeness (QED) is 0.718. The Labute approximate surface area is 78.0 Å². The lowest BCUT2D eigenvalue weighted by atomic mass is 10.1. The van der Waals surface area contributed by atoms with Crippen molar-refractivity contribution in [1.29, 1.82) is 0 Å². The third-order valence-electron chi connectivity index (χ3n) is 2.17. The standard InChI is InChI=1S/C9H15N3O/c1-7(13)9(10-2)4-8-5-11-6-12(8)3/h5-6,9-10H,4H2,1-3H3. The highest BCUT2D eigenvalue weighted by Crippen LogP contribution is 2.01. The number of carbonyl (C=O) groups is 1. The van der Waals surface area contributed by atoms with Crippen LogP contribution >= 0.6 is 0 Å². The van der Waals surface area contributed by atoms with Crippen LogP contribution in [0.15, 0.2) is 12.5 Å². The van der Waals surface area contributed by atoms with Gasteiger partial charge in [-0.15, -0.1) is 0 Å². The van der Waals surface area contributed by atoms with Crippen LogP contribution in [0, 0.1) is 0 Å². The number of nitrogens with zero attached hydrogens (tertiary/aromatic N) is 2. The lowest BCUT2D eigenvalue weighted by Gasteiger charge is -2.12. The number of ketones is 1. The predicted octanol–water partition coefficient (Wildman–Crippen LogP) is 0.140. The Morgan fingerprint density at radius 3 is 2.85 bits per heavy atom. The third-order valence-corrected chi connectivity index (χ3v) is 2.17. The molecule has 1 unspecified atom stereocenters. The molecule has 0 saturated carbocycles. The Hall–Kier alpha value is -1.16. The zero-order valence-corrected chi connectivity index (χ0v) is 8.24. The van der Waals surface area contributed by atoms with Crippen molar-refractivity contribution in [2.75, 3.05) is 7.05 Å². The third kappa shape index (κ3) is 2.39. The van der Waals surface area contributed by atoms with Crippen LogP contribution in [-0.4, -0.2) is 28.4 Å². The number of likely N-dealkylation sites (N-methyl/N-ethyl adjacent to an activating group) is 1. The van der Waals surface area contributed by atoms with Crippen LogP contribution in [0.1, 0.15) is 12.6 Å². The first-order valence-corrected chi connectivity index (χ1v) is 4.28. The van der Waals surface area contributed by atoms with E-state index in [4.69, 9.17) is 0 Å². The van der Waals surface area contributed by atoms with Gasteiger partial charge in [0.25, 0.3) is 0 Å². The van der Waals surface area contributed by atoms with Gasteiger partial charge in [0.2, 0.25) is 0 Å². The van der Waals surface area contributed by atoms with Gasteiger partial charge < -0.3 is 9.88 Å². The van der Waals surface area contributed by atoms with Crippen molar-refractivity contribution in [2.24, 2.45) is 7.05 Å². The van der Waals surface area contributed by atoms with Crippen molar-refractivity contribution in [3.63, 3.8) is 0 Å². The molecule has 4 nitrogen and oxygen atoms in total. The van der Waals surface area contributed by atoms with E-state index in [1.54, 1.807) is 26.5 Å². The van der Waals surface area contributed by atoms with Gasteiger partial charge in [0, 0.05) is 25.4 Å². The first kappa shape index (κ1) is 9.92. The molecular formula is C9H15N3O. The molecule has 1 atom stereocenters. The molecule has 1 aromatic heterocycles. The number of aryl methyl sites for hydroxylation is 1. The molecule has 0 aliphatic rings. The van der Waals surface area contributed by atoms with Gasteiger partial charge in [-0.25, -0.2) is 4.98 Å². The van der Waals surface area contributed by atoms with Crippen LogP contribution in [0.4, 0.5) is 0 Å². The first-order chi connectivity index (χ1) is 6.15. The van der Waals surface area contributed by atoms with Gasteiger partial charge in [0.1, 0.15) is 5.78 Å². The normalized spacial score (nSPS) is 12.8. The minimum Gasteiger partial charge on any atom is -0.338 e. The average Bonchev–Trinajstić information content (AvgIpc) is 2.46. The van der Waals surface area contributed by atoms with Gasteiger partial charge in [-0.3, -0.25) is 4.79 Å². The number of carbonyl (C=O) groups excluding carboxylic acids is 1. The van der Waals surface area contributed by atoms with E-state index in [1.807, 2.05) is 11.6 Å². The lowest BCUT2D eigenvalue weighted by molar-refractivity contribution is -0.118. The van der Waals surface area contributed by atoms with Gasteiger partial charge in [-0.2, -0.15) is 0 Å². The molecule has 0 aliphatic heterocycles. The lowest BCUT2D eigenvalue weighted by Crippen LogP contribution is -2.34. The Bertz CT molecular complexity index is 293. The van der Waals surface area contributed by atoms with E-state index in [2.05, 4.69) is 10.3 Å². The van der Waals surface area contributed by atoms with Crippen molar-refractivity contribution in [1.82, 2.24) is 14.9 Å². The summed E-state index contributed by atoms with van der Waals surface area (Å²) < 4.78 is 1.92. The number of nitrogens with one attached hydrogen (secondary N) is 1. The number of aromatic nitrogens is 2. The summed E-state index contributed by atoms with van der Waals surface area (Å²) in [7, 11) is 3.72. The summed E-state index contributed by atoms with van der Waals surface area (Å²) in [5.41, 5.74) is 1.06. The van der Waals surface area contributed by atoms with E-state index in [-0.39, 0.29) is 11.8 Å². The number of rotatable bonds is 4. The molecule has 1 N–H and O–H groups in total. The van der Waals surface area contributed by atoms with Crippen molar-refractivity contribution < 1.29 is 4.79 Å². The first-order valence-electron chi connectivity index (χ1n) is 4.28. The van der Waals surface area contributed by atoms with Crippen LogP contribution in [0.2, 0.25) is 0 Å². The van der Waals surface area contributed by atoms with E-state index >= 15 is 0 Å². The number of Topliss-reactive ketones (excluding diaryl/α,β-unsaturated/α-hetero) is 1. The van der Waals surface area contributed by atoms with Crippen LogP contribution in [0.3, 0.4) is 0 Å². The molecule has 1 heterocycles. The molecule has 0 radical (unpaired) electrons. The maximum atomic E-state index is 11.1. The zero-order valence-electron chi connectivity index (χ0n) is 8.24. The molecule has 0 saturated heterocycles. The summed E-state index contributed by atoms with van der Waals surface area (Å²) in [6.07, 6.45) is 4.22. The van der Waals surface area contributed by atoms with E-state index in [9.17, 15) is 4.79 Å². The molecule has 1 rings (SSSR count). The highest BCUT2D eigenvalue weighted by molar-refractivity contribution is 5.81. The number of hydrogen-bond acceptors (Lipinski definition) is 3. The maximum Gasteiger partial charge on any atom is 0.147 e. The van der Waals surface area contributed by atoms with Crippen LogP contribution in [0.25, 0.3) is 0 Å². The molecule has 4 heteroatoms. The van der Waals surface area contributed by atoms with E-state index in [1.165, 1.54) is 0 Å². The molecule has 0 fully saturated rings. The molecule has 0 bridgehead atoms. The second kappa shape index (κ2) is 4.18. The van der Waals surface area contributed by atoms with Crippen LogP contribution in [-0.2, 0) is 18.3 Å². The topological polar surface area (TPSA) is 46.9 Å². The zero-order chi connectivity index (χ0) is 9.84. The largest absolute Gasteiger partial charge is 0.338 e. The summed E-state index contributed by atoms with van der Waals surface area (Å²) in [6.45, 7) is 1.59. The van der Waals surface area contributed by atoms with Gasteiger partial charge in [0.05, 0.1) is 12.4 Å². The molecule has 0 amide bonds. The minimum absolute atomic E-state index is 0.101.